The Labute approximate surface area is 201 Å². The first-order valence-corrected chi connectivity index (χ1v) is 13.9. The van der Waals surface area contributed by atoms with E-state index in [0.717, 1.165) is 17.1 Å². The monoisotopic (exact) mass is 460 g/mol. The normalized spacial score (nSPS) is 15.6. The van der Waals surface area contributed by atoms with Gasteiger partial charge in [-0.05, 0) is 82.4 Å². The second-order valence-electron chi connectivity index (χ2n) is 9.48. The lowest BCUT2D eigenvalue weighted by Crippen LogP contribution is -2.25. The third-order valence-corrected chi connectivity index (χ3v) is 9.13. The molecule has 1 fully saturated rings. The van der Waals surface area contributed by atoms with E-state index < -0.39 is 7.92 Å². The van der Waals surface area contributed by atoms with Crippen LogP contribution in [0.2, 0.25) is 0 Å². The summed E-state index contributed by atoms with van der Waals surface area (Å²) >= 11 is 0. The molecule has 0 amide bonds. The molecule has 3 aromatic rings. The van der Waals surface area contributed by atoms with Gasteiger partial charge in [0.25, 0.3) is 0 Å². The highest BCUT2D eigenvalue weighted by molar-refractivity contribution is 7.73. The fraction of sp³-hybridized carbons (Fsp3) is 0.400. The fourth-order valence-electron chi connectivity index (χ4n) is 4.85. The first kappa shape index (κ1) is 23.8. The highest BCUT2D eigenvalue weighted by Crippen LogP contribution is 2.50. The summed E-state index contributed by atoms with van der Waals surface area (Å²) in [7, 11) is -0.490. The molecule has 0 heterocycles. The van der Waals surface area contributed by atoms with Gasteiger partial charge in [-0.15, -0.1) is 0 Å². The Morgan fingerprint density at radius 2 is 1.24 bits per heavy atom. The van der Waals surface area contributed by atoms with Crippen LogP contribution in [-0.2, 0) is 0 Å². The maximum atomic E-state index is 6.34. The van der Waals surface area contributed by atoms with Crippen LogP contribution in [0, 0.1) is 0 Å². The van der Waals surface area contributed by atoms with E-state index >= 15 is 0 Å². The average molecular weight is 461 g/mol. The molecule has 3 aromatic carbocycles. The molecule has 1 aliphatic rings. The minimum absolute atomic E-state index is 0.0965. The largest absolute Gasteiger partial charge is 0.490 e. The highest BCUT2D eigenvalue weighted by atomic mass is 31.1. The number of hydrogen-bond donors (Lipinski definition) is 0. The molecular formula is C30H37O2P. The Balaban J connectivity index is 1.91. The molecule has 2 nitrogen and oxygen atoms in total. The summed E-state index contributed by atoms with van der Waals surface area (Å²) < 4.78 is 12.7. The van der Waals surface area contributed by atoms with Crippen molar-refractivity contribution in [3.05, 3.63) is 72.8 Å². The third-order valence-electron chi connectivity index (χ3n) is 6.12. The minimum Gasteiger partial charge on any atom is -0.490 e. The van der Waals surface area contributed by atoms with Gasteiger partial charge in [-0.1, -0.05) is 79.9 Å². The van der Waals surface area contributed by atoms with Crippen LogP contribution in [0.5, 0.6) is 11.5 Å². The molecule has 0 bridgehead atoms. The van der Waals surface area contributed by atoms with E-state index in [4.69, 9.17) is 9.47 Å². The van der Waals surface area contributed by atoms with Gasteiger partial charge in [0, 0.05) is 0 Å². The number of benzene rings is 3. The molecule has 1 saturated carbocycles. The topological polar surface area (TPSA) is 18.5 Å². The Morgan fingerprint density at radius 3 is 1.85 bits per heavy atom. The van der Waals surface area contributed by atoms with Crippen molar-refractivity contribution in [3.8, 4) is 22.6 Å². The number of rotatable bonds is 8. The molecule has 0 N–H and O–H groups in total. The van der Waals surface area contributed by atoms with Crippen molar-refractivity contribution >= 4 is 18.5 Å². The van der Waals surface area contributed by atoms with E-state index in [1.54, 1.807) is 0 Å². The first-order chi connectivity index (χ1) is 16.0. The van der Waals surface area contributed by atoms with Gasteiger partial charge in [-0.25, -0.2) is 0 Å². The summed E-state index contributed by atoms with van der Waals surface area (Å²) in [6, 6.07) is 26.4. The standard InChI is InChI=1S/C30H37O2P/c1-22(2)31-27-19-13-20-28(32-23(3)4)30(27)26-18-11-12-21-29(26)33(24-14-7-5-8-15-24)25-16-9-6-10-17-25/h5,7-8,11-15,18-23,25H,6,9-10,16-17H2,1-4H3. The Bertz CT molecular complexity index is 994. The van der Waals surface area contributed by atoms with Gasteiger partial charge in [0.1, 0.15) is 11.5 Å². The van der Waals surface area contributed by atoms with Crippen molar-refractivity contribution in [1.29, 1.82) is 0 Å². The van der Waals surface area contributed by atoms with E-state index in [1.807, 2.05) is 6.07 Å². The number of hydrogen-bond acceptors (Lipinski definition) is 2. The highest BCUT2D eigenvalue weighted by Gasteiger charge is 2.29. The van der Waals surface area contributed by atoms with Crippen LogP contribution in [0.15, 0.2) is 72.8 Å². The number of ether oxygens (including phenoxy) is 2. The van der Waals surface area contributed by atoms with Gasteiger partial charge in [0.2, 0.25) is 0 Å². The van der Waals surface area contributed by atoms with Crippen LogP contribution in [-0.4, -0.2) is 17.9 Å². The van der Waals surface area contributed by atoms with Crippen molar-refractivity contribution in [2.75, 3.05) is 0 Å². The van der Waals surface area contributed by atoms with Gasteiger partial charge < -0.3 is 9.47 Å². The van der Waals surface area contributed by atoms with Crippen LogP contribution in [0.1, 0.15) is 59.8 Å². The molecule has 0 radical (unpaired) electrons. The fourth-order valence-corrected chi connectivity index (χ4v) is 8.01. The SMILES string of the molecule is CC(C)Oc1cccc(OC(C)C)c1-c1ccccc1P(c1ccccc1)C1CCCCC1. The Hall–Kier alpha value is -2.31. The first-order valence-electron chi connectivity index (χ1n) is 12.4. The molecule has 1 aliphatic carbocycles. The summed E-state index contributed by atoms with van der Waals surface area (Å²) in [6.07, 6.45) is 6.87. The zero-order chi connectivity index (χ0) is 23.2. The van der Waals surface area contributed by atoms with E-state index in [1.165, 1.54) is 48.3 Å². The summed E-state index contributed by atoms with van der Waals surface area (Å²) in [6.45, 7) is 8.35. The van der Waals surface area contributed by atoms with Crippen LogP contribution in [0.4, 0.5) is 0 Å². The quantitative estimate of drug-likeness (QED) is 0.321. The van der Waals surface area contributed by atoms with Crippen molar-refractivity contribution in [2.24, 2.45) is 0 Å². The van der Waals surface area contributed by atoms with Gasteiger partial charge in [0.05, 0.1) is 17.8 Å². The lowest BCUT2D eigenvalue weighted by Gasteiger charge is -2.33. The van der Waals surface area contributed by atoms with Crippen LogP contribution in [0.25, 0.3) is 11.1 Å². The van der Waals surface area contributed by atoms with Crippen molar-refractivity contribution in [2.45, 2.75) is 77.7 Å². The van der Waals surface area contributed by atoms with E-state index in [-0.39, 0.29) is 12.2 Å². The lowest BCUT2D eigenvalue weighted by molar-refractivity contribution is 0.231. The average Bonchev–Trinajstić information content (AvgIpc) is 2.81. The molecule has 0 spiro atoms. The zero-order valence-corrected chi connectivity index (χ0v) is 21.4. The predicted molar refractivity (Wildman–Crippen MR) is 143 cm³/mol. The molecule has 3 heteroatoms. The summed E-state index contributed by atoms with van der Waals surface area (Å²) in [4.78, 5) is 0. The minimum atomic E-state index is -0.490. The molecule has 1 atom stereocenters. The third kappa shape index (κ3) is 5.79. The van der Waals surface area contributed by atoms with Crippen LogP contribution in [0.3, 0.4) is 0 Å². The molecule has 1 unspecified atom stereocenters. The van der Waals surface area contributed by atoms with Gasteiger partial charge in [-0.2, -0.15) is 0 Å². The molecule has 0 aromatic heterocycles. The molecule has 174 valence electrons. The maximum absolute atomic E-state index is 6.34. The molecule has 4 rings (SSSR count). The summed E-state index contributed by atoms with van der Waals surface area (Å²) in [5.41, 5.74) is 3.06. The van der Waals surface area contributed by atoms with Crippen LogP contribution >= 0.6 is 7.92 Å². The van der Waals surface area contributed by atoms with E-state index in [9.17, 15) is 0 Å². The smallest absolute Gasteiger partial charge is 0.131 e. The second-order valence-corrected chi connectivity index (χ2v) is 11.9. The van der Waals surface area contributed by atoms with E-state index in [0.29, 0.717) is 5.66 Å². The van der Waals surface area contributed by atoms with Gasteiger partial charge in [-0.3, -0.25) is 0 Å². The van der Waals surface area contributed by atoms with Gasteiger partial charge in [0.15, 0.2) is 0 Å². The lowest BCUT2D eigenvalue weighted by atomic mass is 10.0. The summed E-state index contributed by atoms with van der Waals surface area (Å²) in [5.74, 6) is 1.81. The van der Waals surface area contributed by atoms with Gasteiger partial charge >= 0.3 is 0 Å². The zero-order valence-electron chi connectivity index (χ0n) is 20.5. The van der Waals surface area contributed by atoms with Crippen molar-refractivity contribution in [3.63, 3.8) is 0 Å². The predicted octanol–water partition coefficient (Wildman–Crippen LogP) is 7.69. The Kier molecular flexibility index (Phi) is 8.10. The second kappa shape index (κ2) is 11.2. The van der Waals surface area contributed by atoms with Crippen LogP contribution < -0.4 is 20.1 Å². The molecule has 0 aliphatic heterocycles. The Morgan fingerprint density at radius 1 is 0.667 bits per heavy atom. The van der Waals surface area contributed by atoms with Crippen molar-refractivity contribution < 1.29 is 9.47 Å². The summed E-state index contributed by atoms with van der Waals surface area (Å²) in [5, 5.41) is 2.92. The maximum Gasteiger partial charge on any atom is 0.131 e. The molecule has 0 saturated heterocycles. The van der Waals surface area contributed by atoms with E-state index in [2.05, 4.69) is 94.4 Å². The van der Waals surface area contributed by atoms with Crippen molar-refractivity contribution in [1.82, 2.24) is 0 Å². The molecular weight excluding hydrogens is 423 g/mol. The molecule has 33 heavy (non-hydrogen) atoms.